The molecule has 2 rings (SSSR count). The summed E-state index contributed by atoms with van der Waals surface area (Å²) in [5.41, 5.74) is 5.88. The van der Waals surface area contributed by atoms with Gasteiger partial charge in [0.15, 0.2) is 0 Å². The third-order valence-electron chi connectivity index (χ3n) is 3.38. The van der Waals surface area contributed by atoms with E-state index in [1.165, 1.54) is 22.3 Å². The first kappa shape index (κ1) is 20.8. The Bertz CT molecular complexity index is 437. The van der Waals surface area contributed by atoms with Gasteiger partial charge < -0.3 is 0 Å². The highest BCUT2D eigenvalue weighted by Crippen LogP contribution is 2.18. The van der Waals surface area contributed by atoms with Crippen LogP contribution in [0.1, 0.15) is 58.4 Å². The van der Waals surface area contributed by atoms with Crippen LogP contribution in [0.4, 0.5) is 0 Å². The zero-order chi connectivity index (χ0) is 12.1. The van der Waals surface area contributed by atoms with Crippen molar-refractivity contribution < 1.29 is 0 Å². The third-order valence-corrected chi connectivity index (χ3v) is 3.38. The summed E-state index contributed by atoms with van der Waals surface area (Å²) in [7, 11) is 0. The normalized spacial score (nSPS) is 8.90. The molecule has 0 heterocycles. The molecule has 0 aromatic heterocycles. The predicted molar refractivity (Wildman–Crippen MR) is 94.6 cm³/mol. The van der Waals surface area contributed by atoms with E-state index in [1.807, 2.05) is 0 Å². The van der Waals surface area contributed by atoms with Gasteiger partial charge in [-0.05, 0) is 41.5 Å². The van der Waals surface area contributed by atoms with Crippen molar-refractivity contribution in [1.82, 2.24) is 0 Å². The molecule has 0 fully saturated rings. The van der Waals surface area contributed by atoms with Gasteiger partial charge in [0, 0.05) is 0 Å². The Balaban J connectivity index is 0. The molecule has 0 spiro atoms. The van der Waals surface area contributed by atoms with Crippen molar-refractivity contribution in [1.29, 1.82) is 0 Å². The van der Waals surface area contributed by atoms with E-state index in [4.69, 9.17) is 0 Å². The van der Waals surface area contributed by atoms with E-state index >= 15 is 0 Å². The molecule has 0 aliphatic rings. The summed E-state index contributed by atoms with van der Waals surface area (Å²) >= 11 is 0. The summed E-state index contributed by atoms with van der Waals surface area (Å²) in [5.74, 6) is 0. The maximum atomic E-state index is 2.26. The van der Waals surface area contributed by atoms with Gasteiger partial charge in [-0.25, -0.2) is 0 Å². The van der Waals surface area contributed by atoms with Crippen molar-refractivity contribution >= 4 is 0 Å². The molecular weight excluding hydrogens is 240 g/mol. The topological polar surface area (TPSA) is 0 Å². The van der Waals surface area contributed by atoms with E-state index in [1.54, 1.807) is 0 Å². The van der Waals surface area contributed by atoms with Gasteiger partial charge in [0.05, 0.1) is 0 Å². The highest BCUT2D eigenvalue weighted by molar-refractivity contribution is 5.36. The Morgan fingerprint density at radius 2 is 0.850 bits per heavy atom. The summed E-state index contributed by atoms with van der Waals surface area (Å²) in [6.45, 7) is 4.45. The van der Waals surface area contributed by atoms with Crippen LogP contribution >= 0.6 is 0 Å². The Hall–Kier alpha value is -1.56. The summed E-state index contributed by atoms with van der Waals surface area (Å²) in [5, 5.41) is 0. The lowest BCUT2D eigenvalue weighted by molar-refractivity contribution is 1.02. The lowest BCUT2D eigenvalue weighted by atomic mass is 9.95. The van der Waals surface area contributed by atoms with Crippen molar-refractivity contribution in [3.63, 3.8) is 0 Å². The summed E-state index contributed by atoms with van der Waals surface area (Å²) < 4.78 is 0. The van der Waals surface area contributed by atoms with Crippen molar-refractivity contribution in [2.45, 2.75) is 55.4 Å². The molecule has 0 saturated carbocycles. The monoisotopic (exact) mass is 272 g/mol. The summed E-state index contributed by atoms with van der Waals surface area (Å²) in [6.07, 6.45) is 3.29. The molecule has 0 amide bonds. The second-order valence-electron chi connectivity index (χ2n) is 4.42. The molecule has 0 atom stereocenters. The smallest absolute Gasteiger partial charge is 0.00203 e. The minimum Gasteiger partial charge on any atom is -0.0776 e. The van der Waals surface area contributed by atoms with Gasteiger partial charge in [-0.2, -0.15) is 0 Å². The van der Waals surface area contributed by atoms with Crippen LogP contribution in [0.2, 0.25) is 0 Å². The minimum atomic E-state index is 0. The van der Waals surface area contributed by atoms with E-state index in [0.717, 1.165) is 19.3 Å². The Kier molecular flexibility index (Phi) is 10.6. The van der Waals surface area contributed by atoms with E-state index in [0.29, 0.717) is 0 Å². The number of benzene rings is 2. The van der Waals surface area contributed by atoms with Crippen molar-refractivity contribution in [3.8, 4) is 0 Å². The third kappa shape index (κ3) is 4.85. The van der Waals surface area contributed by atoms with Crippen LogP contribution in [-0.2, 0) is 19.3 Å². The fourth-order valence-electron chi connectivity index (χ4n) is 2.35. The Morgan fingerprint density at radius 3 is 1.15 bits per heavy atom. The lowest BCUT2D eigenvalue weighted by Gasteiger charge is -2.11. The highest BCUT2D eigenvalue weighted by Gasteiger charge is 2.04. The molecule has 20 heavy (non-hydrogen) atoms. The fraction of sp³-hybridized carbons (Fsp3) is 0.400. The van der Waals surface area contributed by atoms with E-state index < -0.39 is 0 Å². The van der Waals surface area contributed by atoms with Gasteiger partial charge >= 0.3 is 0 Å². The van der Waals surface area contributed by atoms with Crippen LogP contribution in [0.25, 0.3) is 0 Å². The van der Waals surface area contributed by atoms with Crippen molar-refractivity contribution in [3.05, 3.63) is 70.8 Å². The van der Waals surface area contributed by atoms with Crippen LogP contribution in [0.3, 0.4) is 0 Å². The minimum absolute atomic E-state index is 0. The average Bonchev–Trinajstić information content (AvgIpc) is 2.40. The number of hydrogen-bond acceptors (Lipinski definition) is 0. The van der Waals surface area contributed by atoms with Gasteiger partial charge in [-0.15, -0.1) is 0 Å². The molecule has 0 aliphatic heterocycles. The van der Waals surface area contributed by atoms with Crippen LogP contribution in [0.15, 0.2) is 48.5 Å². The first-order valence-electron chi connectivity index (χ1n) is 6.48. The molecule has 0 aliphatic carbocycles. The second kappa shape index (κ2) is 10.3. The molecule has 0 heteroatoms. The van der Waals surface area contributed by atoms with Crippen LogP contribution in [-0.4, -0.2) is 0 Å². The zero-order valence-electron chi connectivity index (χ0n) is 10.7. The highest BCUT2D eigenvalue weighted by atomic mass is 14.1. The van der Waals surface area contributed by atoms with Gasteiger partial charge in [0.1, 0.15) is 0 Å². The number of rotatable bonds is 4. The Labute approximate surface area is 126 Å². The molecule has 2 aromatic carbocycles. The number of hydrogen-bond donors (Lipinski definition) is 0. The Morgan fingerprint density at radius 1 is 0.550 bits per heavy atom. The van der Waals surface area contributed by atoms with Crippen molar-refractivity contribution in [2.24, 2.45) is 0 Å². The van der Waals surface area contributed by atoms with Gasteiger partial charge in [-0.3, -0.25) is 0 Å². The first-order valence-corrected chi connectivity index (χ1v) is 6.48. The molecule has 112 valence electrons. The number of aryl methyl sites for hydroxylation is 2. The molecule has 0 saturated heterocycles. The predicted octanol–water partition coefficient (Wildman–Crippen LogP) is 6.31. The standard InChI is InChI=1S/C17H20.3CH4/c1-3-14-9-5-7-11-16(14)13-17-12-8-6-10-15(17)4-2;;;/h5-12H,3-4,13H2,1-2H3;3*1H4. The summed E-state index contributed by atoms with van der Waals surface area (Å²) in [6, 6.07) is 17.5. The average molecular weight is 272 g/mol. The second-order valence-corrected chi connectivity index (χ2v) is 4.42. The molecule has 0 unspecified atom stereocenters. The quantitative estimate of drug-likeness (QED) is 0.611. The van der Waals surface area contributed by atoms with Crippen LogP contribution in [0, 0.1) is 0 Å². The van der Waals surface area contributed by atoms with E-state index in [-0.39, 0.29) is 22.3 Å². The summed E-state index contributed by atoms with van der Waals surface area (Å²) in [4.78, 5) is 0. The molecule has 0 radical (unpaired) electrons. The molecule has 0 nitrogen and oxygen atoms in total. The maximum Gasteiger partial charge on any atom is -0.00203 e. The van der Waals surface area contributed by atoms with Gasteiger partial charge in [0.2, 0.25) is 0 Å². The van der Waals surface area contributed by atoms with Gasteiger partial charge in [0.25, 0.3) is 0 Å². The largest absolute Gasteiger partial charge is 0.0776 e. The van der Waals surface area contributed by atoms with Crippen molar-refractivity contribution in [2.75, 3.05) is 0 Å². The van der Waals surface area contributed by atoms with E-state index in [2.05, 4.69) is 62.4 Å². The van der Waals surface area contributed by atoms with E-state index in [9.17, 15) is 0 Å². The SMILES string of the molecule is C.C.C.CCc1ccccc1Cc1ccccc1CC. The van der Waals surface area contributed by atoms with Crippen LogP contribution < -0.4 is 0 Å². The molecule has 0 N–H and O–H groups in total. The van der Waals surface area contributed by atoms with Gasteiger partial charge in [-0.1, -0.05) is 84.7 Å². The maximum absolute atomic E-state index is 2.26. The molecule has 0 bridgehead atoms. The fourth-order valence-corrected chi connectivity index (χ4v) is 2.35. The van der Waals surface area contributed by atoms with Crippen LogP contribution in [0.5, 0.6) is 0 Å². The lowest BCUT2D eigenvalue weighted by Crippen LogP contribution is -1.97. The molecule has 2 aromatic rings. The first-order chi connectivity index (χ1) is 8.35. The zero-order valence-corrected chi connectivity index (χ0v) is 10.7. The molecular formula is C20H32.